The maximum Gasteiger partial charge on any atom is 0.313 e. The number of aryl methyl sites for hydroxylation is 2. The van der Waals surface area contributed by atoms with Crippen molar-refractivity contribution < 1.29 is 9.90 Å². The van der Waals surface area contributed by atoms with E-state index in [9.17, 15) is 4.79 Å². The highest BCUT2D eigenvalue weighted by atomic mass is 32.2. The minimum atomic E-state index is -0.821. The van der Waals surface area contributed by atoms with Crippen LogP contribution >= 0.6 is 11.8 Å². The predicted octanol–water partition coefficient (Wildman–Crippen LogP) is 3.49. The van der Waals surface area contributed by atoms with Crippen molar-refractivity contribution >= 4 is 28.8 Å². The van der Waals surface area contributed by atoms with E-state index in [-0.39, 0.29) is 5.75 Å². The lowest BCUT2D eigenvalue weighted by atomic mass is 10.2. The van der Waals surface area contributed by atoms with E-state index in [0.29, 0.717) is 0 Å². The molecule has 0 aliphatic carbocycles. The van der Waals surface area contributed by atoms with Gasteiger partial charge in [0.25, 0.3) is 0 Å². The van der Waals surface area contributed by atoms with E-state index in [1.807, 2.05) is 25.1 Å². The summed E-state index contributed by atoms with van der Waals surface area (Å²) >= 11 is 1.28. The first kappa shape index (κ1) is 14.7. The van der Waals surface area contributed by atoms with Crippen molar-refractivity contribution in [3.05, 3.63) is 35.9 Å². The molecule has 1 heterocycles. The van der Waals surface area contributed by atoms with Gasteiger partial charge in [-0.25, -0.2) is 4.98 Å². The summed E-state index contributed by atoms with van der Waals surface area (Å²) in [5.74, 6) is -0.787. The number of thioether (sulfide) groups is 1. The fourth-order valence-electron chi connectivity index (χ4n) is 2.16. The van der Waals surface area contributed by atoms with Gasteiger partial charge in [0.05, 0.1) is 16.8 Å². The number of rotatable bonds is 6. The predicted molar refractivity (Wildman–Crippen MR) is 82.3 cm³/mol. The quantitative estimate of drug-likeness (QED) is 0.653. The normalized spacial score (nSPS) is 11.5. The zero-order valence-corrected chi connectivity index (χ0v) is 12.5. The van der Waals surface area contributed by atoms with Gasteiger partial charge >= 0.3 is 5.97 Å². The van der Waals surface area contributed by atoms with Crippen LogP contribution < -0.4 is 0 Å². The summed E-state index contributed by atoms with van der Waals surface area (Å²) in [7, 11) is 0. The average Bonchev–Trinajstić information content (AvgIpc) is 2.76. The largest absolute Gasteiger partial charge is 0.481 e. The maximum absolute atomic E-state index is 10.8. The van der Waals surface area contributed by atoms with Gasteiger partial charge in [-0.15, -0.1) is 0 Å². The molecule has 0 aliphatic rings. The molecule has 0 bridgehead atoms. The Kier molecular flexibility index (Phi) is 4.84. The topological polar surface area (TPSA) is 55.1 Å². The Hall–Kier alpha value is -1.75. The van der Waals surface area contributed by atoms with Crippen molar-refractivity contribution in [2.45, 2.75) is 32.0 Å². The second kappa shape index (κ2) is 6.61. The molecule has 1 N–H and O–H groups in total. The Labute approximate surface area is 122 Å². The number of hydrogen-bond donors (Lipinski definition) is 1. The van der Waals surface area contributed by atoms with E-state index in [1.54, 1.807) is 0 Å². The third-order valence-electron chi connectivity index (χ3n) is 3.01. The summed E-state index contributed by atoms with van der Waals surface area (Å²) < 4.78 is 2.12. The standard InChI is InChI=1S/C15H18N2O2S/c1-3-4-5-9-17-14-11(2)7-6-8-12(14)16-15(17)20-10-13(18)19/h3-4,6-8H,5,9-10H2,1-2H3,(H,18,19)/b4-3+. The molecule has 1 aromatic carbocycles. The van der Waals surface area contributed by atoms with Gasteiger partial charge in [-0.2, -0.15) is 0 Å². The average molecular weight is 290 g/mol. The van der Waals surface area contributed by atoms with E-state index >= 15 is 0 Å². The first-order valence-electron chi connectivity index (χ1n) is 6.55. The number of para-hydroxylation sites is 1. The summed E-state index contributed by atoms with van der Waals surface area (Å²) in [4.78, 5) is 15.3. The fraction of sp³-hybridized carbons (Fsp3) is 0.333. The van der Waals surface area contributed by atoms with Gasteiger partial charge in [0.2, 0.25) is 0 Å². The highest BCUT2D eigenvalue weighted by Crippen LogP contribution is 2.26. The summed E-state index contributed by atoms with van der Waals surface area (Å²) in [6.07, 6.45) is 5.04. The van der Waals surface area contributed by atoms with Gasteiger partial charge in [-0.05, 0) is 31.9 Å². The number of allylic oxidation sites excluding steroid dienone is 2. The molecule has 20 heavy (non-hydrogen) atoms. The van der Waals surface area contributed by atoms with Crippen LogP contribution in [0.3, 0.4) is 0 Å². The number of carboxylic acid groups (broad SMARTS) is 1. The van der Waals surface area contributed by atoms with Gasteiger partial charge in [0.1, 0.15) is 0 Å². The van der Waals surface area contributed by atoms with E-state index in [1.165, 1.54) is 11.8 Å². The molecule has 0 spiro atoms. The molecule has 0 unspecified atom stereocenters. The molecule has 106 valence electrons. The van der Waals surface area contributed by atoms with Crippen LogP contribution in [0.25, 0.3) is 11.0 Å². The number of carboxylic acids is 1. The molecule has 0 atom stereocenters. The van der Waals surface area contributed by atoms with Gasteiger partial charge in [-0.1, -0.05) is 36.0 Å². The Morgan fingerprint density at radius 1 is 1.50 bits per heavy atom. The number of carbonyl (C=O) groups is 1. The van der Waals surface area contributed by atoms with E-state index in [0.717, 1.165) is 34.7 Å². The van der Waals surface area contributed by atoms with E-state index in [2.05, 4.69) is 28.6 Å². The van der Waals surface area contributed by atoms with Gasteiger partial charge in [0, 0.05) is 6.54 Å². The smallest absolute Gasteiger partial charge is 0.313 e. The molecule has 2 aromatic rings. The molecular formula is C15H18N2O2S. The first-order valence-corrected chi connectivity index (χ1v) is 7.53. The van der Waals surface area contributed by atoms with Crippen LogP contribution in [0.5, 0.6) is 0 Å². The molecule has 2 rings (SSSR count). The lowest BCUT2D eigenvalue weighted by molar-refractivity contribution is -0.133. The lowest BCUT2D eigenvalue weighted by Gasteiger charge is -2.08. The highest BCUT2D eigenvalue weighted by Gasteiger charge is 2.13. The fourth-order valence-corrected chi connectivity index (χ4v) is 2.91. The van der Waals surface area contributed by atoms with Crippen LogP contribution in [-0.2, 0) is 11.3 Å². The zero-order chi connectivity index (χ0) is 14.5. The van der Waals surface area contributed by atoms with Gasteiger partial charge in [-0.3, -0.25) is 4.79 Å². The van der Waals surface area contributed by atoms with Crippen molar-refractivity contribution in [1.82, 2.24) is 9.55 Å². The molecule has 0 aliphatic heterocycles. The van der Waals surface area contributed by atoms with Crippen molar-refractivity contribution in [3.8, 4) is 0 Å². The first-order chi connectivity index (χ1) is 9.63. The molecule has 0 saturated carbocycles. The Bertz CT molecular complexity index is 647. The van der Waals surface area contributed by atoms with Gasteiger partial charge < -0.3 is 9.67 Å². The van der Waals surface area contributed by atoms with Crippen LogP contribution in [0.4, 0.5) is 0 Å². The molecule has 5 heteroatoms. The maximum atomic E-state index is 10.8. The molecule has 1 aromatic heterocycles. The monoisotopic (exact) mass is 290 g/mol. The summed E-state index contributed by atoms with van der Waals surface area (Å²) in [6.45, 7) is 4.87. The van der Waals surface area contributed by atoms with Crippen molar-refractivity contribution in [1.29, 1.82) is 0 Å². The summed E-state index contributed by atoms with van der Waals surface area (Å²) in [6, 6.07) is 6.01. The van der Waals surface area contributed by atoms with Crippen molar-refractivity contribution in [2.24, 2.45) is 0 Å². The lowest BCUT2D eigenvalue weighted by Crippen LogP contribution is -2.03. The summed E-state index contributed by atoms with van der Waals surface area (Å²) in [5.41, 5.74) is 3.20. The Morgan fingerprint density at radius 2 is 2.30 bits per heavy atom. The Morgan fingerprint density at radius 3 is 3.00 bits per heavy atom. The molecule has 4 nitrogen and oxygen atoms in total. The molecular weight excluding hydrogens is 272 g/mol. The highest BCUT2D eigenvalue weighted by molar-refractivity contribution is 7.99. The van der Waals surface area contributed by atoms with Crippen molar-refractivity contribution in [3.63, 3.8) is 0 Å². The van der Waals surface area contributed by atoms with Crippen LogP contribution in [0.1, 0.15) is 18.9 Å². The number of nitrogens with zero attached hydrogens (tertiary/aromatic N) is 2. The second-order valence-corrected chi connectivity index (χ2v) is 5.47. The molecule has 0 saturated heterocycles. The number of aliphatic carboxylic acids is 1. The second-order valence-electron chi connectivity index (χ2n) is 4.53. The number of imidazole rings is 1. The minimum Gasteiger partial charge on any atom is -0.481 e. The number of fused-ring (bicyclic) bond motifs is 1. The summed E-state index contributed by atoms with van der Waals surface area (Å²) in [5, 5.41) is 9.62. The number of aromatic nitrogens is 2. The van der Waals surface area contributed by atoms with Gasteiger partial charge in [0.15, 0.2) is 5.16 Å². The number of hydrogen-bond acceptors (Lipinski definition) is 3. The molecule has 0 amide bonds. The third kappa shape index (κ3) is 3.22. The zero-order valence-electron chi connectivity index (χ0n) is 11.7. The van der Waals surface area contributed by atoms with E-state index < -0.39 is 5.97 Å². The number of benzene rings is 1. The minimum absolute atomic E-state index is 0.0337. The van der Waals surface area contributed by atoms with Crippen molar-refractivity contribution in [2.75, 3.05) is 5.75 Å². The molecule has 0 fully saturated rings. The molecule has 0 radical (unpaired) electrons. The Balaban J connectivity index is 2.40. The van der Waals surface area contributed by atoms with Crippen LogP contribution in [0.2, 0.25) is 0 Å². The SMILES string of the molecule is C/C=C/CCn1c(SCC(=O)O)nc2cccc(C)c21. The van der Waals surface area contributed by atoms with Crippen LogP contribution in [0.15, 0.2) is 35.5 Å². The van der Waals surface area contributed by atoms with Crippen LogP contribution in [0, 0.1) is 6.92 Å². The van der Waals surface area contributed by atoms with E-state index in [4.69, 9.17) is 5.11 Å². The van der Waals surface area contributed by atoms with Crippen LogP contribution in [-0.4, -0.2) is 26.4 Å². The third-order valence-corrected chi connectivity index (χ3v) is 3.97.